The second-order valence-corrected chi connectivity index (χ2v) is 4.51. The van der Waals surface area contributed by atoms with Crippen LogP contribution in [0.3, 0.4) is 0 Å². The summed E-state index contributed by atoms with van der Waals surface area (Å²) in [4.78, 5) is 4.10. The summed E-state index contributed by atoms with van der Waals surface area (Å²) in [5.74, 6) is 0.396. The summed E-state index contributed by atoms with van der Waals surface area (Å²) in [7, 11) is 1.82. The average Bonchev–Trinajstić information content (AvgIpc) is 2.72. The second kappa shape index (κ2) is 5.29. The minimum Gasteiger partial charge on any atom is -0.326 e. The van der Waals surface area contributed by atoms with Crippen molar-refractivity contribution in [3.8, 4) is 0 Å². The van der Waals surface area contributed by atoms with Gasteiger partial charge in [0.15, 0.2) is 5.16 Å². The Morgan fingerprint density at radius 1 is 1.41 bits per heavy atom. The Hall–Kier alpha value is -1.40. The molecule has 1 aromatic heterocycles. The third kappa shape index (κ3) is 2.83. The maximum atomic E-state index is 13.1. The number of aryl methyl sites for hydroxylation is 1. The number of nitrogens with zero attached hydrogens (tertiary/aromatic N) is 3. The molecule has 1 aromatic carbocycles. The Labute approximate surface area is 103 Å². The van der Waals surface area contributed by atoms with Crippen molar-refractivity contribution in [1.82, 2.24) is 14.8 Å². The van der Waals surface area contributed by atoms with Crippen LogP contribution in [0, 0.1) is 5.82 Å². The van der Waals surface area contributed by atoms with Gasteiger partial charge in [0.05, 0.1) is 0 Å². The van der Waals surface area contributed by atoms with Gasteiger partial charge in [0.25, 0.3) is 0 Å². The molecule has 0 aliphatic rings. The summed E-state index contributed by atoms with van der Waals surface area (Å²) in [5.41, 5.74) is 7.48. The minimum absolute atomic E-state index is 0.240. The zero-order chi connectivity index (χ0) is 12.3. The van der Waals surface area contributed by atoms with E-state index in [9.17, 15) is 4.39 Å². The largest absolute Gasteiger partial charge is 0.326 e. The molecule has 2 N–H and O–H groups in total. The number of hydrogen-bond acceptors (Lipinski definition) is 4. The zero-order valence-electron chi connectivity index (χ0n) is 9.43. The van der Waals surface area contributed by atoms with E-state index in [1.807, 2.05) is 7.05 Å². The summed E-state index contributed by atoms with van der Waals surface area (Å²) in [6.07, 6.45) is 1.50. The van der Waals surface area contributed by atoms with Crippen molar-refractivity contribution in [2.45, 2.75) is 17.5 Å². The van der Waals surface area contributed by atoms with Gasteiger partial charge in [-0.25, -0.2) is 14.1 Å². The van der Waals surface area contributed by atoms with Crippen molar-refractivity contribution in [3.63, 3.8) is 0 Å². The number of benzene rings is 1. The molecule has 0 saturated carbocycles. The SMILES string of the molecule is Cn1ncnc1SCc1cc(F)ccc1CN. The maximum Gasteiger partial charge on any atom is 0.186 e. The van der Waals surface area contributed by atoms with Crippen molar-refractivity contribution in [1.29, 1.82) is 0 Å². The minimum atomic E-state index is -0.240. The summed E-state index contributed by atoms with van der Waals surface area (Å²) >= 11 is 1.51. The van der Waals surface area contributed by atoms with Crippen molar-refractivity contribution in [2.75, 3.05) is 0 Å². The molecule has 2 aromatic rings. The second-order valence-electron chi connectivity index (χ2n) is 3.57. The molecule has 0 aliphatic carbocycles. The van der Waals surface area contributed by atoms with E-state index in [-0.39, 0.29) is 5.82 Å². The summed E-state index contributed by atoms with van der Waals surface area (Å²) in [5, 5.41) is 4.78. The predicted molar refractivity (Wildman–Crippen MR) is 64.9 cm³/mol. The molecule has 1 heterocycles. The Morgan fingerprint density at radius 2 is 2.24 bits per heavy atom. The smallest absolute Gasteiger partial charge is 0.186 e. The Balaban J connectivity index is 2.13. The molecule has 0 radical (unpaired) electrons. The van der Waals surface area contributed by atoms with Crippen LogP contribution in [0.5, 0.6) is 0 Å². The van der Waals surface area contributed by atoms with Crippen LogP contribution in [0.15, 0.2) is 29.7 Å². The van der Waals surface area contributed by atoms with E-state index in [1.54, 1.807) is 10.7 Å². The van der Waals surface area contributed by atoms with Crippen LogP contribution in [0.2, 0.25) is 0 Å². The van der Waals surface area contributed by atoms with Crippen LogP contribution in [-0.4, -0.2) is 14.8 Å². The molecule has 90 valence electrons. The van der Waals surface area contributed by atoms with E-state index in [0.717, 1.165) is 16.3 Å². The van der Waals surface area contributed by atoms with Gasteiger partial charge in [0.2, 0.25) is 0 Å². The van der Waals surface area contributed by atoms with Crippen LogP contribution in [-0.2, 0) is 19.3 Å². The lowest BCUT2D eigenvalue weighted by atomic mass is 10.1. The van der Waals surface area contributed by atoms with Crippen LogP contribution in [0.1, 0.15) is 11.1 Å². The fraction of sp³-hybridized carbons (Fsp3) is 0.273. The Kier molecular flexibility index (Phi) is 3.75. The number of halogens is 1. The van der Waals surface area contributed by atoms with Crippen molar-refractivity contribution in [2.24, 2.45) is 12.8 Å². The molecule has 17 heavy (non-hydrogen) atoms. The highest BCUT2D eigenvalue weighted by atomic mass is 32.2. The molecule has 0 bridgehead atoms. The number of thioether (sulfide) groups is 1. The summed E-state index contributed by atoms with van der Waals surface area (Å²) < 4.78 is 14.8. The van der Waals surface area contributed by atoms with Gasteiger partial charge in [-0.15, -0.1) is 0 Å². The first-order valence-electron chi connectivity index (χ1n) is 5.15. The molecule has 0 saturated heterocycles. The van der Waals surface area contributed by atoms with E-state index in [0.29, 0.717) is 12.3 Å². The Bertz CT molecular complexity index is 512. The number of aromatic nitrogens is 3. The number of hydrogen-bond donors (Lipinski definition) is 1. The topological polar surface area (TPSA) is 56.7 Å². The van der Waals surface area contributed by atoms with Crippen LogP contribution < -0.4 is 5.73 Å². The lowest BCUT2D eigenvalue weighted by Gasteiger charge is -2.07. The van der Waals surface area contributed by atoms with Gasteiger partial charge in [-0.2, -0.15) is 5.10 Å². The van der Waals surface area contributed by atoms with E-state index in [4.69, 9.17) is 5.73 Å². The van der Waals surface area contributed by atoms with Crippen molar-refractivity contribution >= 4 is 11.8 Å². The molecule has 0 atom stereocenters. The monoisotopic (exact) mass is 252 g/mol. The average molecular weight is 252 g/mol. The van der Waals surface area contributed by atoms with Crippen LogP contribution in [0.25, 0.3) is 0 Å². The normalized spacial score (nSPS) is 10.8. The van der Waals surface area contributed by atoms with Gasteiger partial charge < -0.3 is 5.73 Å². The molecule has 0 spiro atoms. The third-order valence-corrected chi connectivity index (χ3v) is 3.50. The molecule has 6 heteroatoms. The number of rotatable bonds is 4. The fourth-order valence-electron chi connectivity index (χ4n) is 1.49. The highest BCUT2D eigenvalue weighted by Gasteiger charge is 2.06. The van der Waals surface area contributed by atoms with Gasteiger partial charge in [-0.05, 0) is 23.3 Å². The van der Waals surface area contributed by atoms with Crippen molar-refractivity contribution < 1.29 is 4.39 Å². The van der Waals surface area contributed by atoms with Gasteiger partial charge >= 0.3 is 0 Å². The zero-order valence-corrected chi connectivity index (χ0v) is 10.2. The van der Waals surface area contributed by atoms with Gasteiger partial charge in [0, 0.05) is 19.3 Å². The first-order valence-corrected chi connectivity index (χ1v) is 6.13. The standard InChI is InChI=1S/C11H13FN4S/c1-16-11(14-7-15-16)17-6-9-4-10(12)3-2-8(9)5-13/h2-4,7H,5-6,13H2,1H3. The molecule has 0 fully saturated rings. The van der Waals surface area contributed by atoms with Gasteiger partial charge in [0.1, 0.15) is 12.1 Å². The molecule has 0 amide bonds. The lowest BCUT2D eigenvalue weighted by Crippen LogP contribution is -2.02. The number of nitrogens with two attached hydrogens (primary N) is 1. The Morgan fingerprint density at radius 3 is 2.88 bits per heavy atom. The van der Waals surface area contributed by atoms with Crippen LogP contribution >= 0.6 is 11.8 Å². The molecular weight excluding hydrogens is 239 g/mol. The van der Waals surface area contributed by atoms with E-state index in [1.165, 1.54) is 30.2 Å². The molecular formula is C11H13FN4S. The van der Waals surface area contributed by atoms with E-state index >= 15 is 0 Å². The predicted octanol–water partition coefficient (Wildman–Crippen LogP) is 1.71. The molecule has 0 unspecified atom stereocenters. The summed E-state index contributed by atoms with van der Waals surface area (Å²) in [6.45, 7) is 0.412. The molecule has 4 nitrogen and oxygen atoms in total. The highest BCUT2D eigenvalue weighted by Crippen LogP contribution is 2.22. The van der Waals surface area contributed by atoms with Gasteiger partial charge in [-0.1, -0.05) is 17.8 Å². The first-order chi connectivity index (χ1) is 8.20. The molecule has 0 aliphatic heterocycles. The maximum absolute atomic E-state index is 13.1. The van der Waals surface area contributed by atoms with E-state index < -0.39 is 0 Å². The third-order valence-electron chi connectivity index (χ3n) is 2.41. The highest BCUT2D eigenvalue weighted by molar-refractivity contribution is 7.98. The quantitative estimate of drug-likeness (QED) is 0.842. The summed E-state index contributed by atoms with van der Waals surface area (Å²) in [6, 6.07) is 4.67. The van der Waals surface area contributed by atoms with Crippen LogP contribution in [0.4, 0.5) is 4.39 Å². The van der Waals surface area contributed by atoms with Gasteiger partial charge in [-0.3, -0.25) is 0 Å². The lowest BCUT2D eigenvalue weighted by molar-refractivity contribution is 0.625. The van der Waals surface area contributed by atoms with E-state index in [2.05, 4.69) is 10.1 Å². The first kappa shape index (κ1) is 12.1. The fourth-order valence-corrected chi connectivity index (χ4v) is 2.40. The van der Waals surface area contributed by atoms with Crippen molar-refractivity contribution in [3.05, 3.63) is 41.5 Å². The molecule has 2 rings (SSSR count).